The van der Waals surface area contributed by atoms with Gasteiger partial charge in [0.2, 0.25) is 0 Å². The lowest BCUT2D eigenvalue weighted by Gasteiger charge is -2.20. The van der Waals surface area contributed by atoms with Crippen molar-refractivity contribution in [2.45, 2.75) is 38.7 Å². The summed E-state index contributed by atoms with van der Waals surface area (Å²) in [7, 11) is 0. The summed E-state index contributed by atoms with van der Waals surface area (Å²) in [6.45, 7) is 2.44. The third kappa shape index (κ3) is 4.80. The maximum atomic E-state index is 12.1. The summed E-state index contributed by atoms with van der Waals surface area (Å²) in [4.78, 5) is 48.3. The quantitative estimate of drug-likeness (QED) is 0.749. The van der Waals surface area contributed by atoms with Gasteiger partial charge in [0.05, 0.1) is 11.7 Å². The Hall–Kier alpha value is -2.39. The molecule has 0 saturated carbocycles. The second kappa shape index (κ2) is 8.13. The Morgan fingerprint density at radius 3 is 2.72 bits per heavy atom. The number of ether oxygens (including phenoxy) is 3. The van der Waals surface area contributed by atoms with Crippen LogP contribution >= 0.6 is 11.6 Å². The highest BCUT2D eigenvalue weighted by molar-refractivity contribution is 6.27. The predicted octanol–water partition coefficient (Wildman–Crippen LogP) is 0.528. The van der Waals surface area contributed by atoms with E-state index >= 15 is 0 Å². The first-order chi connectivity index (χ1) is 11.8. The van der Waals surface area contributed by atoms with Gasteiger partial charge in [-0.1, -0.05) is 11.6 Å². The van der Waals surface area contributed by atoms with Crippen LogP contribution < -0.4 is 11.2 Å². The van der Waals surface area contributed by atoms with E-state index in [1.807, 2.05) is 0 Å². The third-order valence-corrected chi connectivity index (χ3v) is 3.57. The molecule has 2 heterocycles. The summed E-state index contributed by atoms with van der Waals surface area (Å²) in [6.07, 6.45) is 0.469. The standard InChI is InChI=1S/C15H17ClN2O7/c1-8(19)23-7-11-5-12(24-9(2)20)14(25-11)18-6-10(3-4-16)13(21)17-15(18)22/h3-4,6,11-12,14H,5,7H2,1-2H3,(H,17,21,22)/t11-,12+,14+/m0/s1. The van der Waals surface area contributed by atoms with Crippen LogP contribution in [-0.2, 0) is 23.8 Å². The van der Waals surface area contributed by atoms with Crippen molar-refractivity contribution in [2.24, 2.45) is 0 Å². The Labute approximate surface area is 147 Å². The number of esters is 2. The number of carbonyl (C=O) groups excluding carboxylic acids is 2. The second-order valence-electron chi connectivity index (χ2n) is 5.38. The zero-order chi connectivity index (χ0) is 18.6. The minimum Gasteiger partial charge on any atom is -0.463 e. The fourth-order valence-corrected chi connectivity index (χ4v) is 2.61. The average molecular weight is 373 g/mol. The number of nitrogens with one attached hydrogen (secondary N) is 1. The summed E-state index contributed by atoms with van der Waals surface area (Å²) in [5.74, 6) is -1.03. The van der Waals surface area contributed by atoms with Crippen LogP contribution in [0.2, 0.25) is 0 Å². The van der Waals surface area contributed by atoms with Crippen molar-refractivity contribution >= 4 is 29.6 Å². The molecule has 0 aliphatic carbocycles. The number of H-pyrrole nitrogens is 1. The van der Waals surface area contributed by atoms with Gasteiger partial charge in [-0.3, -0.25) is 23.9 Å². The smallest absolute Gasteiger partial charge is 0.330 e. The first kappa shape index (κ1) is 18.9. The molecule has 1 aliphatic rings. The lowest BCUT2D eigenvalue weighted by molar-refractivity contribution is -0.153. The van der Waals surface area contributed by atoms with E-state index < -0.39 is 41.6 Å². The highest BCUT2D eigenvalue weighted by Gasteiger charge is 2.40. The van der Waals surface area contributed by atoms with Gasteiger partial charge >= 0.3 is 17.6 Å². The number of hydrogen-bond donors (Lipinski definition) is 1. The highest BCUT2D eigenvalue weighted by Crippen LogP contribution is 2.30. The molecule has 1 fully saturated rings. The minimum absolute atomic E-state index is 0.0455. The van der Waals surface area contributed by atoms with Crippen LogP contribution in [0.4, 0.5) is 0 Å². The Morgan fingerprint density at radius 1 is 1.40 bits per heavy atom. The summed E-state index contributed by atoms with van der Waals surface area (Å²) >= 11 is 5.48. The molecule has 0 unspecified atom stereocenters. The molecule has 1 aliphatic heterocycles. The molecule has 25 heavy (non-hydrogen) atoms. The molecule has 1 aromatic rings. The Bertz CT molecular complexity index is 798. The van der Waals surface area contributed by atoms with Gasteiger partial charge in [-0.15, -0.1) is 0 Å². The van der Waals surface area contributed by atoms with Gasteiger partial charge < -0.3 is 14.2 Å². The van der Waals surface area contributed by atoms with Crippen LogP contribution in [0.25, 0.3) is 6.08 Å². The first-order valence-electron chi connectivity index (χ1n) is 7.40. The maximum absolute atomic E-state index is 12.1. The summed E-state index contributed by atoms with van der Waals surface area (Å²) in [6, 6.07) is 0. The molecule has 0 bridgehead atoms. The number of carbonyl (C=O) groups is 2. The van der Waals surface area contributed by atoms with E-state index in [0.29, 0.717) is 0 Å². The molecule has 9 nitrogen and oxygen atoms in total. The number of aromatic amines is 1. The van der Waals surface area contributed by atoms with Crippen LogP contribution in [-0.4, -0.2) is 40.3 Å². The normalized spacial score (nSPS) is 22.9. The molecule has 3 atom stereocenters. The summed E-state index contributed by atoms with van der Waals surface area (Å²) < 4.78 is 16.9. The van der Waals surface area contributed by atoms with Crippen molar-refractivity contribution in [3.05, 3.63) is 38.1 Å². The number of halogens is 1. The Balaban J connectivity index is 2.34. The van der Waals surface area contributed by atoms with Crippen LogP contribution in [0.5, 0.6) is 0 Å². The number of hydrogen-bond acceptors (Lipinski definition) is 7. The van der Waals surface area contributed by atoms with E-state index in [0.717, 1.165) is 10.1 Å². The van der Waals surface area contributed by atoms with Gasteiger partial charge in [0, 0.05) is 32.0 Å². The fourth-order valence-electron chi connectivity index (χ4n) is 2.47. The average Bonchev–Trinajstić information content (AvgIpc) is 2.90. The van der Waals surface area contributed by atoms with Crippen LogP contribution in [0, 0.1) is 0 Å². The largest absolute Gasteiger partial charge is 0.463 e. The monoisotopic (exact) mass is 372 g/mol. The second-order valence-corrected chi connectivity index (χ2v) is 5.63. The van der Waals surface area contributed by atoms with Gasteiger partial charge in [0.1, 0.15) is 12.7 Å². The van der Waals surface area contributed by atoms with E-state index in [1.54, 1.807) is 0 Å². The topological polar surface area (TPSA) is 117 Å². The van der Waals surface area contributed by atoms with Crippen molar-refractivity contribution in [1.82, 2.24) is 9.55 Å². The zero-order valence-electron chi connectivity index (χ0n) is 13.6. The molecule has 136 valence electrons. The highest BCUT2D eigenvalue weighted by atomic mass is 35.5. The third-order valence-electron chi connectivity index (χ3n) is 3.45. The molecule has 0 amide bonds. The SMILES string of the molecule is CC(=O)OC[C@@H]1C[C@@H](OC(C)=O)[C@H](n2cc(C=CCl)c(=O)[nH]c2=O)O1. The lowest BCUT2D eigenvalue weighted by Crippen LogP contribution is -2.37. The van der Waals surface area contributed by atoms with Gasteiger partial charge in [0.25, 0.3) is 5.56 Å². The van der Waals surface area contributed by atoms with Gasteiger partial charge in [-0.2, -0.15) is 0 Å². The number of rotatable bonds is 5. The van der Waals surface area contributed by atoms with E-state index in [2.05, 4.69) is 4.98 Å². The lowest BCUT2D eigenvalue weighted by atomic mass is 10.2. The van der Waals surface area contributed by atoms with Crippen molar-refractivity contribution < 1.29 is 23.8 Å². The summed E-state index contributed by atoms with van der Waals surface area (Å²) in [5.41, 5.74) is -0.0889. The molecule has 0 aromatic carbocycles. The fraction of sp³-hybridized carbons (Fsp3) is 0.467. The molecule has 0 spiro atoms. The maximum Gasteiger partial charge on any atom is 0.330 e. The van der Waals surface area contributed by atoms with Gasteiger partial charge in [-0.25, -0.2) is 4.79 Å². The minimum atomic E-state index is -0.976. The molecule has 1 N–H and O–H groups in total. The molecule has 1 aromatic heterocycles. The molecule has 1 saturated heterocycles. The number of aromatic nitrogens is 2. The van der Waals surface area contributed by atoms with Crippen molar-refractivity contribution in [3.63, 3.8) is 0 Å². The summed E-state index contributed by atoms with van der Waals surface area (Å²) in [5, 5.41) is 0. The Morgan fingerprint density at radius 2 is 2.12 bits per heavy atom. The van der Waals surface area contributed by atoms with E-state index in [-0.39, 0.29) is 18.6 Å². The van der Waals surface area contributed by atoms with Gasteiger partial charge in [0.15, 0.2) is 6.23 Å². The molecular weight excluding hydrogens is 356 g/mol. The van der Waals surface area contributed by atoms with Gasteiger partial charge in [-0.05, 0) is 6.08 Å². The van der Waals surface area contributed by atoms with E-state index in [1.165, 1.54) is 26.1 Å². The first-order valence-corrected chi connectivity index (χ1v) is 7.83. The molecule has 0 radical (unpaired) electrons. The van der Waals surface area contributed by atoms with Crippen LogP contribution in [0.3, 0.4) is 0 Å². The zero-order valence-corrected chi connectivity index (χ0v) is 14.3. The molecule has 2 rings (SSSR count). The molecule has 10 heteroatoms. The predicted molar refractivity (Wildman–Crippen MR) is 86.9 cm³/mol. The Kier molecular flexibility index (Phi) is 6.16. The van der Waals surface area contributed by atoms with E-state index in [9.17, 15) is 19.2 Å². The van der Waals surface area contributed by atoms with Crippen LogP contribution in [0.15, 0.2) is 21.3 Å². The number of nitrogens with zero attached hydrogens (tertiary/aromatic N) is 1. The van der Waals surface area contributed by atoms with Crippen molar-refractivity contribution in [3.8, 4) is 0 Å². The van der Waals surface area contributed by atoms with Crippen LogP contribution in [0.1, 0.15) is 32.1 Å². The van der Waals surface area contributed by atoms with Crippen molar-refractivity contribution in [2.75, 3.05) is 6.61 Å². The molecular formula is C15H17ClN2O7. The van der Waals surface area contributed by atoms with E-state index in [4.69, 9.17) is 25.8 Å². The van der Waals surface area contributed by atoms with Crippen molar-refractivity contribution in [1.29, 1.82) is 0 Å².